The maximum Gasteiger partial charge on any atom is 0.282 e. The van der Waals surface area contributed by atoms with Gasteiger partial charge in [-0.15, -0.1) is 0 Å². The zero-order valence-electron chi connectivity index (χ0n) is 10.8. The molecule has 0 aromatic carbocycles. The van der Waals surface area contributed by atoms with Crippen LogP contribution in [0.4, 0.5) is 17.5 Å². The van der Waals surface area contributed by atoms with Crippen molar-refractivity contribution >= 4 is 23.2 Å². The molecule has 1 aliphatic rings. The van der Waals surface area contributed by atoms with Crippen molar-refractivity contribution in [3.63, 3.8) is 0 Å². The van der Waals surface area contributed by atoms with Crippen LogP contribution in [0.2, 0.25) is 0 Å². The summed E-state index contributed by atoms with van der Waals surface area (Å²) < 4.78 is 1.51. The second kappa shape index (κ2) is 3.87. The van der Waals surface area contributed by atoms with Crippen LogP contribution in [0, 0.1) is 0 Å². The van der Waals surface area contributed by atoms with Gasteiger partial charge >= 0.3 is 0 Å². The highest BCUT2D eigenvalue weighted by atomic mass is 16.1. The predicted octanol–water partition coefficient (Wildman–Crippen LogP) is 0.753. The van der Waals surface area contributed by atoms with E-state index in [0.29, 0.717) is 17.5 Å². The van der Waals surface area contributed by atoms with Gasteiger partial charge in [-0.2, -0.15) is 4.98 Å². The molecule has 0 radical (unpaired) electrons. The Hall–Kier alpha value is -1.85. The Kier molecular flexibility index (Phi) is 2.65. The van der Waals surface area contributed by atoms with Gasteiger partial charge in [-0.3, -0.25) is 9.36 Å². The summed E-state index contributed by atoms with van der Waals surface area (Å²) in [5.41, 5.74) is 1.17. The fourth-order valence-corrected chi connectivity index (χ4v) is 1.76. The van der Waals surface area contributed by atoms with E-state index >= 15 is 0 Å². The first-order valence-corrected chi connectivity index (χ1v) is 5.52. The zero-order valence-corrected chi connectivity index (χ0v) is 10.8. The fourth-order valence-electron chi connectivity index (χ4n) is 1.76. The lowest BCUT2D eigenvalue weighted by atomic mass is 10.2. The van der Waals surface area contributed by atoms with Gasteiger partial charge in [-0.1, -0.05) is 0 Å². The van der Waals surface area contributed by atoms with Crippen molar-refractivity contribution in [3.8, 4) is 0 Å². The molecular formula is C11H17N5O. The largest absolute Gasteiger partial charge is 0.360 e. The van der Waals surface area contributed by atoms with Crippen molar-refractivity contribution in [1.29, 1.82) is 0 Å². The maximum atomic E-state index is 12.1. The SMILES string of the molecule is CC1=Nc2c(nc(N(C)C)n(C)c2=O)NC1C. The first kappa shape index (κ1) is 11.6. The van der Waals surface area contributed by atoms with E-state index in [-0.39, 0.29) is 11.6 Å². The number of hydrogen-bond donors (Lipinski definition) is 1. The highest BCUT2D eigenvalue weighted by Crippen LogP contribution is 2.25. The Morgan fingerprint density at radius 3 is 2.65 bits per heavy atom. The number of nitrogens with zero attached hydrogens (tertiary/aromatic N) is 4. The maximum absolute atomic E-state index is 12.1. The van der Waals surface area contributed by atoms with E-state index in [2.05, 4.69) is 15.3 Å². The van der Waals surface area contributed by atoms with Crippen molar-refractivity contribution < 1.29 is 0 Å². The molecule has 6 nitrogen and oxygen atoms in total. The molecule has 1 N–H and O–H groups in total. The molecule has 92 valence electrons. The summed E-state index contributed by atoms with van der Waals surface area (Å²) in [6, 6.07) is 0.108. The molecule has 1 unspecified atom stereocenters. The number of hydrogen-bond acceptors (Lipinski definition) is 5. The van der Waals surface area contributed by atoms with E-state index in [4.69, 9.17) is 0 Å². The second-order valence-corrected chi connectivity index (χ2v) is 4.49. The summed E-state index contributed by atoms with van der Waals surface area (Å²) in [6.07, 6.45) is 0. The molecule has 1 aromatic heterocycles. The summed E-state index contributed by atoms with van der Waals surface area (Å²) in [4.78, 5) is 22.7. The highest BCUT2D eigenvalue weighted by Gasteiger charge is 2.22. The summed E-state index contributed by atoms with van der Waals surface area (Å²) in [5.74, 6) is 1.18. The molecule has 1 aromatic rings. The zero-order chi connectivity index (χ0) is 12.7. The van der Waals surface area contributed by atoms with Crippen LogP contribution in [0.1, 0.15) is 13.8 Å². The highest BCUT2D eigenvalue weighted by molar-refractivity contribution is 5.95. The quantitative estimate of drug-likeness (QED) is 0.780. The van der Waals surface area contributed by atoms with Crippen LogP contribution in [0.3, 0.4) is 0 Å². The molecule has 0 bridgehead atoms. The van der Waals surface area contributed by atoms with Crippen molar-refractivity contribution in [2.45, 2.75) is 19.9 Å². The summed E-state index contributed by atoms with van der Waals surface area (Å²) in [6.45, 7) is 3.90. The molecule has 17 heavy (non-hydrogen) atoms. The number of fused-ring (bicyclic) bond motifs is 1. The normalized spacial score (nSPS) is 18.2. The Labute approximate surface area is 100.0 Å². The Morgan fingerprint density at radius 2 is 2.06 bits per heavy atom. The van der Waals surface area contributed by atoms with Gasteiger partial charge in [0, 0.05) is 26.9 Å². The van der Waals surface area contributed by atoms with Crippen LogP contribution in [0.15, 0.2) is 9.79 Å². The first-order chi connectivity index (χ1) is 7.91. The van der Waals surface area contributed by atoms with Crippen LogP contribution in [-0.4, -0.2) is 35.4 Å². The number of nitrogens with one attached hydrogen (secondary N) is 1. The Balaban J connectivity index is 2.69. The lowest BCUT2D eigenvalue weighted by molar-refractivity contribution is 0.790. The molecule has 1 atom stereocenters. The van der Waals surface area contributed by atoms with Gasteiger partial charge in [0.25, 0.3) is 5.56 Å². The molecular weight excluding hydrogens is 218 g/mol. The molecule has 1 aliphatic heterocycles. The van der Waals surface area contributed by atoms with Gasteiger partial charge in [0.15, 0.2) is 11.5 Å². The molecule has 0 aliphatic carbocycles. The third-order valence-corrected chi connectivity index (χ3v) is 2.91. The summed E-state index contributed by atoms with van der Waals surface area (Å²) >= 11 is 0. The van der Waals surface area contributed by atoms with Crippen LogP contribution in [-0.2, 0) is 7.05 Å². The third-order valence-electron chi connectivity index (χ3n) is 2.91. The van der Waals surface area contributed by atoms with E-state index in [9.17, 15) is 4.79 Å². The van der Waals surface area contributed by atoms with E-state index < -0.39 is 0 Å². The van der Waals surface area contributed by atoms with Crippen LogP contribution >= 0.6 is 0 Å². The smallest absolute Gasteiger partial charge is 0.282 e. The van der Waals surface area contributed by atoms with E-state index in [0.717, 1.165) is 5.71 Å². The molecule has 6 heteroatoms. The number of anilines is 2. The fraction of sp³-hybridized carbons (Fsp3) is 0.545. The van der Waals surface area contributed by atoms with Gasteiger partial charge in [0.05, 0.1) is 6.04 Å². The molecule has 0 fully saturated rings. The topological polar surface area (TPSA) is 62.5 Å². The number of aliphatic imine (C=N–C) groups is 1. The van der Waals surface area contributed by atoms with Crippen molar-refractivity contribution in [2.75, 3.05) is 24.3 Å². The summed E-state index contributed by atoms with van der Waals surface area (Å²) in [5, 5.41) is 3.19. The average Bonchev–Trinajstić information content (AvgIpc) is 2.26. The molecule has 2 rings (SSSR count). The minimum absolute atomic E-state index is 0.108. The van der Waals surface area contributed by atoms with Gasteiger partial charge in [-0.25, -0.2) is 4.99 Å². The lowest BCUT2D eigenvalue weighted by Crippen LogP contribution is -2.33. The second-order valence-electron chi connectivity index (χ2n) is 4.49. The Morgan fingerprint density at radius 1 is 1.41 bits per heavy atom. The monoisotopic (exact) mass is 235 g/mol. The third kappa shape index (κ3) is 1.79. The van der Waals surface area contributed by atoms with E-state index in [1.807, 2.05) is 27.9 Å². The van der Waals surface area contributed by atoms with Gasteiger partial charge in [0.2, 0.25) is 5.95 Å². The molecule has 0 saturated carbocycles. The minimum Gasteiger partial charge on any atom is -0.360 e. The van der Waals surface area contributed by atoms with Crippen LogP contribution in [0.5, 0.6) is 0 Å². The summed E-state index contributed by atoms with van der Waals surface area (Å²) in [7, 11) is 5.41. The van der Waals surface area contributed by atoms with E-state index in [1.165, 1.54) is 4.57 Å². The van der Waals surface area contributed by atoms with Gasteiger partial charge in [-0.05, 0) is 13.8 Å². The standard InChI is InChI=1S/C11H17N5O/c1-6-7(2)13-9-8(12-6)10(17)16(5)11(14-9)15(3)4/h7,13H,1-5H3. The van der Waals surface area contributed by atoms with Crippen molar-refractivity contribution in [2.24, 2.45) is 12.0 Å². The molecule has 0 amide bonds. The number of rotatable bonds is 1. The minimum atomic E-state index is -0.127. The van der Waals surface area contributed by atoms with Gasteiger partial charge in [0.1, 0.15) is 0 Å². The first-order valence-electron chi connectivity index (χ1n) is 5.52. The van der Waals surface area contributed by atoms with E-state index in [1.54, 1.807) is 11.9 Å². The average molecular weight is 235 g/mol. The Bertz CT molecular complexity index is 544. The van der Waals surface area contributed by atoms with Crippen LogP contribution < -0.4 is 15.8 Å². The molecule has 2 heterocycles. The van der Waals surface area contributed by atoms with Crippen molar-refractivity contribution in [3.05, 3.63) is 10.4 Å². The molecule has 0 saturated heterocycles. The lowest BCUT2D eigenvalue weighted by Gasteiger charge is -2.24. The van der Waals surface area contributed by atoms with Crippen molar-refractivity contribution in [1.82, 2.24) is 9.55 Å². The molecule has 0 spiro atoms. The predicted molar refractivity (Wildman–Crippen MR) is 69.7 cm³/mol. The number of aromatic nitrogens is 2. The van der Waals surface area contributed by atoms with Gasteiger partial charge < -0.3 is 10.2 Å². The van der Waals surface area contributed by atoms with Crippen LogP contribution in [0.25, 0.3) is 0 Å².